The molecule has 0 unspecified atom stereocenters. The van der Waals surface area contributed by atoms with Gasteiger partial charge in [-0.15, -0.1) is 0 Å². The molecule has 6 heteroatoms. The zero-order valence-electron chi connectivity index (χ0n) is 11.2. The fraction of sp³-hybridized carbons (Fsp3) is 0.583. The average molecular weight is 248 g/mol. The molecule has 18 heavy (non-hydrogen) atoms. The van der Waals surface area contributed by atoms with Crippen molar-refractivity contribution in [2.24, 2.45) is 0 Å². The molecule has 0 aliphatic carbocycles. The molecular weight excluding hydrogens is 228 g/mol. The molecule has 1 rings (SSSR count). The summed E-state index contributed by atoms with van der Waals surface area (Å²) in [5.74, 6) is 1.57. The van der Waals surface area contributed by atoms with Crippen molar-refractivity contribution in [2.75, 3.05) is 35.2 Å². The summed E-state index contributed by atoms with van der Waals surface area (Å²) in [5, 5.41) is 6.14. The SMILES string of the molecule is C#CN(CCC)c1nc(NCC)nc(NCC)n1. The normalized spacial score (nSPS) is 9.67. The van der Waals surface area contributed by atoms with Gasteiger partial charge >= 0.3 is 0 Å². The Morgan fingerprint density at radius 2 is 1.61 bits per heavy atom. The lowest BCUT2D eigenvalue weighted by Crippen LogP contribution is -2.22. The number of nitrogens with zero attached hydrogens (tertiary/aromatic N) is 4. The molecule has 1 aromatic heterocycles. The third kappa shape index (κ3) is 3.77. The minimum absolute atomic E-state index is 0.501. The maximum Gasteiger partial charge on any atom is 0.243 e. The maximum absolute atomic E-state index is 5.47. The van der Waals surface area contributed by atoms with E-state index in [-0.39, 0.29) is 0 Å². The summed E-state index contributed by atoms with van der Waals surface area (Å²) in [5.41, 5.74) is 0. The number of nitrogens with one attached hydrogen (secondary N) is 2. The van der Waals surface area contributed by atoms with Crippen molar-refractivity contribution in [3.05, 3.63) is 0 Å². The molecule has 0 spiro atoms. The van der Waals surface area contributed by atoms with Crippen molar-refractivity contribution in [1.82, 2.24) is 15.0 Å². The van der Waals surface area contributed by atoms with E-state index in [2.05, 4.69) is 38.6 Å². The zero-order valence-corrected chi connectivity index (χ0v) is 11.2. The van der Waals surface area contributed by atoms with Crippen molar-refractivity contribution in [1.29, 1.82) is 0 Å². The maximum atomic E-state index is 5.47. The topological polar surface area (TPSA) is 66.0 Å². The van der Waals surface area contributed by atoms with Crippen LogP contribution in [0.15, 0.2) is 0 Å². The predicted molar refractivity (Wildman–Crippen MR) is 74.6 cm³/mol. The lowest BCUT2D eigenvalue weighted by Gasteiger charge is -2.16. The molecule has 1 aromatic rings. The highest BCUT2D eigenvalue weighted by Gasteiger charge is 2.10. The lowest BCUT2D eigenvalue weighted by atomic mass is 10.4. The van der Waals surface area contributed by atoms with Crippen molar-refractivity contribution >= 4 is 17.8 Å². The molecular formula is C12H20N6. The highest BCUT2D eigenvalue weighted by atomic mass is 15.3. The Balaban J connectivity index is 3.04. The fourth-order valence-corrected chi connectivity index (χ4v) is 1.41. The predicted octanol–water partition coefficient (Wildman–Crippen LogP) is 1.54. The van der Waals surface area contributed by atoms with E-state index in [1.165, 1.54) is 0 Å². The second-order valence-corrected chi connectivity index (χ2v) is 3.62. The molecule has 0 radical (unpaired) electrons. The van der Waals surface area contributed by atoms with Crippen LogP contribution in [-0.2, 0) is 0 Å². The van der Waals surface area contributed by atoms with Crippen molar-refractivity contribution < 1.29 is 0 Å². The van der Waals surface area contributed by atoms with Gasteiger partial charge in [0, 0.05) is 25.7 Å². The Labute approximate surface area is 108 Å². The van der Waals surface area contributed by atoms with Gasteiger partial charge in [0.1, 0.15) is 0 Å². The van der Waals surface area contributed by atoms with Crippen molar-refractivity contribution in [2.45, 2.75) is 27.2 Å². The van der Waals surface area contributed by atoms with Crippen LogP contribution >= 0.6 is 0 Å². The van der Waals surface area contributed by atoms with Crippen LogP contribution in [0.3, 0.4) is 0 Å². The Kier molecular flexibility index (Phi) is 5.71. The smallest absolute Gasteiger partial charge is 0.243 e. The van der Waals surface area contributed by atoms with Crippen LogP contribution in [0, 0.1) is 12.5 Å². The first-order chi connectivity index (χ1) is 8.74. The van der Waals surface area contributed by atoms with E-state index < -0.39 is 0 Å². The van der Waals surface area contributed by atoms with E-state index in [1.54, 1.807) is 4.90 Å². The molecule has 1 heterocycles. The van der Waals surface area contributed by atoms with Gasteiger partial charge in [-0.1, -0.05) is 13.3 Å². The number of anilines is 3. The van der Waals surface area contributed by atoms with E-state index in [4.69, 9.17) is 6.42 Å². The Hall–Kier alpha value is -2.03. The molecule has 0 saturated carbocycles. The van der Waals surface area contributed by atoms with Crippen molar-refractivity contribution in [3.8, 4) is 12.5 Å². The molecule has 0 aliphatic rings. The highest BCUT2D eigenvalue weighted by molar-refractivity contribution is 5.46. The first-order valence-electron chi connectivity index (χ1n) is 6.22. The second kappa shape index (κ2) is 7.33. The fourth-order valence-electron chi connectivity index (χ4n) is 1.41. The van der Waals surface area contributed by atoms with Gasteiger partial charge in [-0.2, -0.15) is 15.0 Å². The highest BCUT2D eigenvalue weighted by Crippen LogP contribution is 2.13. The van der Waals surface area contributed by atoms with Gasteiger partial charge in [-0.25, -0.2) is 0 Å². The van der Waals surface area contributed by atoms with Crippen LogP contribution in [0.2, 0.25) is 0 Å². The molecule has 0 bridgehead atoms. The number of hydrogen-bond donors (Lipinski definition) is 2. The number of rotatable bonds is 7. The van der Waals surface area contributed by atoms with E-state index in [0.717, 1.165) is 26.1 Å². The standard InChI is InChI=1S/C12H20N6/c1-5-9-18(8-4)12-16-10(13-6-2)15-11(17-12)14-7-3/h4H,5-7,9H2,1-3H3,(H2,13,14,15,16,17). The Bertz CT molecular complexity index is 387. The van der Waals surface area contributed by atoms with Crippen LogP contribution in [0.25, 0.3) is 0 Å². The van der Waals surface area contributed by atoms with Gasteiger partial charge in [0.05, 0.1) is 0 Å². The zero-order chi connectivity index (χ0) is 13.4. The van der Waals surface area contributed by atoms with E-state index in [9.17, 15) is 0 Å². The van der Waals surface area contributed by atoms with E-state index in [0.29, 0.717) is 17.8 Å². The molecule has 0 amide bonds. The summed E-state index contributed by atoms with van der Waals surface area (Å²) in [7, 11) is 0. The van der Waals surface area contributed by atoms with Crippen LogP contribution in [0.1, 0.15) is 27.2 Å². The van der Waals surface area contributed by atoms with Gasteiger partial charge in [0.25, 0.3) is 0 Å². The molecule has 0 fully saturated rings. The van der Waals surface area contributed by atoms with E-state index >= 15 is 0 Å². The summed E-state index contributed by atoms with van der Waals surface area (Å²) < 4.78 is 0. The summed E-state index contributed by atoms with van der Waals surface area (Å²) in [6, 6.07) is 2.58. The molecule has 0 atom stereocenters. The van der Waals surface area contributed by atoms with Gasteiger partial charge in [-0.05, 0) is 20.3 Å². The molecule has 0 aliphatic heterocycles. The first-order valence-corrected chi connectivity index (χ1v) is 6.22. The van der Waals surface area contributed by atoms with Crippen LogP contribution < -0.4 is 15.5 Å². The molecule has 0 aromatic carbocycles. The monoisotopic (exact) mass is 248 g/mol. The Morgan fingerprint density at radius 3 is 2.00 bits per heavy atom. The summed E-state index contributed by atoms with van der Waals surface area (Å²) in [6.45, 7) is 8.25. The number of hydrogen-bond acceptors (Lipinski definition) is 6. The quantitative estimate of drug-likeness (QED) is 0.563. The van der Waals surface area contributed by atoms with Crippen LogP contribution in [0.4, 0.5) is 17.8 Å². The molecule has 98 valence electrons. The van der Waals surface area contributed by atoms with Gasteiger partial charge in [-0.3, -0.25) is 4.90 Å². The third-order valence-electron chi connectivity index (χ3n) is 2.14. The summed E-state index contributed by atoms with van der Waals surface area (Å²) in [4.78, 5) is 14.5. The lowest BCUT2D eigenvalue weighted by molar-refractivity contribution is 0.852. The minimum atomic E-state index is 0.501. The van der Waals surface area contributed by atoms with Gasteiger partial charge < -0.3 is 10.6 Å². The summed E-state index contributed by atoms with van der Waals surface area (Å²) in [6.07, 6.45) is 6.41. The minimum Gasteiger partial charge on any atom is -0.354 e. The largest absolute Gasteiger partial charge is 0.354 e. The average Bonchev–Trinajstić information content (AvgIpc) is 2.36. The summed E-state index contributed by atoms with van der Waals surface area (Å²) >= 11 is 0. The van der Waals surface area contributed by atoms with Crippen LogP contribution in [0.5, 0.6) is 0 Å². The number of aromatic nitrogens is 3. The first kappa shape index (κ1) is 14.0. The van der Waals surface area contributed by atoms with E-state index in [1.807, 2.05) is 13.8 Å². The third-order valence-corrected chi connectivity index (χ3v) is 2.14. The van der Waals surface area contributed by atoms with Gasteiger partial charge in [0.15, 0.2) is 0 Å². The molecule has 2 N–H and O–H groups in total. The second-order valence-electron chi connectivity index (χ2n) is 3.62. The van der Waals surface area contributed by atoms with Gasteiger partial charge in [0.2, 0.25) is 17.8 Å². The Morgan fingerprint density at radius 1 is 1.06 bits per heavy atom. The van der Waals surface area contributed by atoms with Crippen LogP contribution in [-0.4, -0.2) is 34.6 Å². The molecule has 0 saturated heterocycles. The molecule has 6 nitrogen and oxygen atoms in total. The van der Waals surface area contributed by atoms with Crippen molar-refractivity contribution in [3.63, 3.8) is 0 Å². The number of terminal acetylenes is 1.